The third kappa shape index (κ3) is 3.46. The van der Waals surface area contributed by atoms with Gasteiger partial charge in [-0.15, -0.1) is 0 Å². The van der Waals surface area contributed by atoms with Gasteiger partial charge in [-0.2, -0.15) is 11.8 Å². The zero-order valence-corrected chi connectivity index (χ0v) is 11.6. The van der Waals surface area contributed by atoms with Crippen LogP contribution in [0.15, 0.2) is 0 Å². The van der Waals surface area contributed by atoms with Crippen LogP contribution in [0.3, 0.4) is 0 Å². The fraction of sp³-hybridized carbons (Fsp3) is 0.923. The van der Waals surface area contributed by atoms with Gasteiger partial charge in [-0.3, -0.25) is 4.79 Å². The van der Waals surface area contributed by atoms with Gasteiger partial charge in [-0.25, -0.2) is 0 Å². The minimum Gasteiger partial charge on any atom is -0.378 e. The number of thioether (sulfide) groups is 1. The van der Waals surface area contributed by atoms with E-state index in [-0.39, 0.29) is 11.5 Å². The number of hydrogen-bond acceptors (Lipinski definition) is 4. The van der Waals surface area contributed by atoms with Gasteiger partial charge in [0, 0.05) is 25.6 Å². The average molecular weight is 258 g/mol. The Morgan fingerprint density at radius 2 is 2.29 bits per heavy atom. The first-order chi connectivity index (χ1) is 8.11. The highest BCUT2D eigenvalue weighted by Gasteiger charge is 2.42. The lowest BCUT2D eigenvalue weighted by Crippen LogP contribution is -2.42. The van der Waals surface area contributed by atoms with Gasteiger partial charge in [0.15, 0.2) is 0 Å². The van der Waals surface area contributed by atoms with E-state index in [9.17, 15) is 4.79 Å². The van der Waals surface area contributed by atoms with E-state index in [1.807, 2.05) is 0 Å². The summed E-state index contributed by atoms with van der Waals surface area (Å²) in [7, 11) is 0. The van der Waals surface area contributed by atoms with Crippen molar-refractivity contribution in [2.75, 3.05) is 25.6 Å². The van der Waals surface area contributed by atoms with Gasteiger partial charge in [0.05, 0.1) is 18.0 Å². The topological polar surface area (TPSA) is 35.5 Å². The molecule has 4 heteroatoms. The van der Waals surface area contributed by atoms with Crippen molar-refractivity contribution in [3.63, 3.8) is 0 Å². The van der Waals surface area contributed by atoms with E-state index in [1.54, 1.807) is 11.8 Å². The van der Waals surface area contributed by atoms with Crippen molar-refractivity contribution in [3.05, 3.63) is 0 Å². The molecule has 0 bridgehead atoms. The molecule has 2 heterocycles. The molecule has 2 aliphatic heterocycles. The van der Waals surface area contributed by atoms with Crippen LogP contribution in [0.4, 0.5) is 0 Å². The number of hydrogen-bond donors (Lipinski definition) is 0. The SMILES string of the molecule is CC(C)SCC(=O)C1CCOC2(CCOC2)C1. The molecule has 0 aromatic rings. The summed E-state index contributed by atoms with van der Waals surface area (Å²) in [6, 6.07) is 0. The number of ether oxygens (including phenoxy) is 2. The van der Waals surface area contributed by atoms with Gasteiger partial charge in [0.2, 0.25) is 0 Å². The molecule has 17 heavy (non-hydrogen) atoms. The van der Waals surface area contributed by atoms with Gasteiger partial charge >= 0.3 is 0 Å². The lowest BCUT2D eigenvalue weighted by molar-refractivity contribution is -0.134. The van der Waals surface area contributed by atoms with Crippen LogP contribution in [0.2, 0.25) is 0 Å². The lowest BCUT2D eigenvalue weighted by atomic mass is 9.83. The third-order valence-corrected chi connectivity index (χ3v) is 4.69. The van der Waals surface area contributed by atoms with E-state index < -0.39 is 0 Å². The Balaban J connectivity index is 1.86. The fourth-order valence-corrected chi connectivity index (χ4v) is 3.27. The van der Waals surface area contributed by atoms with Crippen molar-refractivity contribution in [2.24, 2.45) is 5.92 Å². The summed E-state index contributed by atoms with van der Waals surface area (Å²) in [4.78, 5) is 12.1. The first kappa shape index (κ1) is 13.4. The van der Waals surface area contributed by atoms with Crippen molar-refractivity contribution in [1.82, 2.24) is 0 Å². The normalized spacial score (nSPS) is 33.5. The number of ketones is 1. The van der Waals surface area contributed by atoms with Crippen LogP contribution in [0, 0.1) is 5.92 Å². The van der Waals surface area contributed by atoms with E-state index >= 15 is 0 Å². The number of Topliss-reactive ketones (excluding diaryl/α,β-unsaturated/α-hetero) is 1. The standard InChI is InChI=1S/C13H22O3S/c1-10(2)17-8-12(14)11-3-5-16-13(7-11)4-6-15-9-13/h10-11H,3-9H2,1-2H3. The Morgan fingerprint density at radius 3 is 2.94 bits per heavy atom. The maximum absolute atomic E-state index is 12.1. The predicted octanol–water partition coefficient (Wildman–Crippen LogP) is 2.28. The molecule has 2 aliphatic rings. The van der Waals surface area contributed by atoms with Crippen LogP contribution in [0.5, 0.6) is 0 Å². The maximum atomic E-state index is 12.1. The molecule has 0 radical (unpaired) electrons. The van der Waals surface area contributed by atoms with Crippen molar-refractivity contribution in [3.8, 4) is 0 Å². The monoisotopic (exact) mass is 258 g/mol. The molecule has 0 aliphatic carbocycles. The molecular formula is C13H22O3S. The fourth-order valence-electron chi connectivity index (χ4n) is 2.53. The summed E-state index contributed by atoms with van der Waals surface area (Å²) in [5, 5.41) is 0.530. The van der Waals surface area contributed by atoms with E-state index in [1.165, 1.54) is 0 Å². The van der Waals surface area contributed by atoms with Crippen LogP contribution in [0.1, 0.15) is 33.1 Å². The Bertz CT molecular complexity index is 272. The summed E-state index contributed by atoms with van der Waals surface area (Å²) >= 11 is 1.74. The van der Waals surface area contributed by atoms with E-state index in [0.717, 1.165) is 25.9 Å². The Kier molecular flexibility index (Phi) is 4.50. The highest BCUT2D eigenvalue weighted by atomic mass is 32.2. The average Bonchev–Trinajstić information content (AvgIpc) is 2.74. The molecule has 98 valence electrons. The molecule has 0 aromatic carbocycles. The maximum Gasteiger partial charge on any atom is 0.146 e. The van der Waals surface area contributed by atoms with Gasteiger partial charge in [-0.1, -0.05) is 13.8 Å². The summed E-state index contributed by atoms with van der Waals surface area (Å²) in [5.41, 5.74) is -0.138. The van der Waals surface area contributed by atoms with E-state index in [2.05, 4.69) is 13.8 Å². The highest BCUT2D eigenvalue weighted by molar-refractivity contribution is 8.00. The number of carbonyl (C=O) groups excluding carboxylic acids is 1. The van der Waals surface area contributed by atoms with Crippen LogP contribution < -0.4 is 0 Å². The highest BCUT2D eigenvalue weighted by Crippen LogP contribution is 2.36. The van der Waals surface area contributed by atoms with Crippen LogP contribution in [-0.4, -0.2) is 42.2 Å². The van der Waals surface area contributed by atoms with Crippen LogP contribution >= 0.6 is 11.8 Å². The summed E-state index contributed by atoms with van der Waals surface area (Å²) in [6.07, 6.45) is 2.71. The van der Waals surface area contributed by atoms with Crippen molar-refractivity contribution in [1.29, 1.82) is 0 Å². The zero-order chi connectivity index (χ0) is 12.3. The second kappa shape index (κ2) is 5.72. The van der Waals surface area contributed by atoms with Gasteiger partial charge in [-0.05, 0) is 18.1 Å². The van der Waals surface area contributed by atoms with Crippen molar-refractivity contribution in [2.45, 2.75) is 44.0 Å². The van der Waals surface area contributed by atoms with E-state index in [4.69, 9.17) is 9.47 Å². The van der Waals surface area contributed by atoms with Gasteiger partial charge in [0.1, 0.15) is 5.78 Å². The Morgan fingerprint density at radius 1 is 1.47 bits per heavy atom. The smallest absolute Gasteiger partial charge is 0.146 e. The second-order valence-electron chi connectivity index (χ2n) is 5.35. The predicted molar refractivity (Wildman–Crippen MR) is 69.4 cm³/mol. The van der Waals surface area contributed by atoms with Gasteiger partial charge in [0.25, 0.3) is 0 Å². The number of rotatable bonds is 4. The molecule has 0 saturated carbocycles. The molecule has 0 aromatic heterocycles. The summed E-state index contributed by atoms with van der Waals surface area (Å²) < 4.78 is 11.3. The molecule has 2 rings (SSSR count). The van der Waals surface area contributed by atoms with E-state index in [0.29, 0.717) is 30.0 Å². The minimum absolute atomic E-state index is 0.138. The Labute approximate surface area is 108 Å². The zero-order valence-electron chi connectivity index (χ0n) is 10.7. The van der Waals surface area contributed by atoms with Crippen molar-refractivity contribution >= 4 is 17.5 Å². The van der Waals surface area contributed by atoms with Gasteiger partial charge < -0.3 is 9.47 Å². The second-order valence-corrected chi connectivity index (χ2v) is 6.91. The molecule has 2 atom stereocenters. The molecule has 2 saturated heterocycles. The molecule has 1 spiro atoms. The first-order valence-electron chi connectivity index (χ1n) is 6.47. The molecule has 2 unspecified atom stereocenters. The van der Waals surface area contributed by atoms with Crippen LogP contribution in [-0.2, 0) is 14.3 Å². The molecular weight excluding hydrogens is 236 g/mol. The summed E-state index contributed by atoms with van der Waals surface area (Å²) in [6.45, 7) is 6.43. The largest absolute Gasteiger partial charge is 0.378 e. The molecule has 2 fully saturated rings. The lowest BCUT2D eigenvalue weighted by Gasteiger charge is -2.36. The first-order valence-corrected chi connectivity index (χ1v) is 7.52. The molecule has 0 amide bonds. The number of carbonyl (C=O) groups is 1. The van der Waals surface area contributed by atoms with Crippen LogP contribution in [0.25, 0.3) is 0 Å². The molecule has 0 N–H and O–H groups in total. The van der Waals surface area contributed by atoms with Crippen molar-refractivity contribution < 1.29 is 14.3 Å². The Hall–Kier alpha value is -0.0600. The minimum atomic E-state index is -0.138. The third-order valence-electron chi connectivity index (χ3n) is 3.57. The quantitative estimate of drug-likeness (QED) is 0.775. The molecule has 3 nitrogen and oxygen atoms in total. The summed E-state index contributed by atoms with van der Waals surface area (Å²) in [5.74, 6) is 1.24.